The van der Waals surface area contributed by atoms with Crippen LogP contribution in [0.5, 0.6) is 0 Å². The van der Waals surface area contributed by atoms with Gasteiger partial charge in [0.25, 0.3) is 0 Å². The third kappa shape index (κ3) is 6.18. The van der Waals surface area contributed by atoms with Crippen molar-refractivity contribution in [3.63, 3.8) is 0 Å². The monoisotopic (exact) mass is 251 g/mol. The van der Waals surface area contributed by atoms with Gasteiger partial charge >= 0.3 is 0 Å². The van der Waals surface area contributed by atoms with E-state index >= 15 is 0 Å². The van der Waals surface area contributed by atoms with Gasteiger partial charge in [0.2, 0.25) is 0 Å². The minimum atomic E-state index is 0.0694. The summed E-state index contributed by atoms with van der Waals surface area (Å²) in [6, 6.07) is 10.8. The topological polar surface area (TPSA) is 23.1 Å². The first-order valence-electron chi connectivity index (χ1n) is 7.15. The summed E-state index contributed by atoms with van der Waals surface area (Å²) in [6.07, 6.45) is 0.764. The third-order valence-corrected chi connectivity index (χ3v) is 3.58. The van der Waals surface area contributed by atoms with Gasteiger partial charge in [0.15, 0.2) is 0 Å². The first-order valence-corrected chi connectivity index (χ1v) is 7.15. The van der Waals surface area contributed by atoms with Crippen LogP contribution in [0.25, 0.3) is 0 Å². The quantitative estimate of drug-likeness (QED) is 0.713. The molecule has 0 atom stereocenters. The Morgan fingerprint density at radius 3 is 1.67 bits per heavy atom. The first-order chi connectivity index (χ1) is 8.67. The second-order valence-corrected chi connectivity index (χ2v) is 4.64. The van der Waals surface area contributed by atoms with Gasteiger partial charge in [-0.1, -0.05) is 43.7 Å². The number of quaternary nitrogens is 1. The Balaban J connectivity index is 0.000000631. The van der Waals surface area contributed by atoms with E-state index in [9.17, 15) is 5.11 Å². The zero-order valence-corrected chi connectivity index (χ0v) is 12.5. The minimum Gasteiger partial charge on any atom is -0.854 e. The van der Waals surface area contributed by atoms with E-state index in [1.165, 1.54) is 36.2 Å². The Hall–Kier alpha value is -0.860. The smallest absolute Gasteiger partial charge is 0.104 e. The summed E-state index contributed by atoms with van der Waals surface area (Å²) >= 11 is 0. The molecule has 0 fully saturated rings. The highest BCUT2D eigenvalue weighted by atomic mass is 16.2. The average Bonchev–Trinajstić information content (AvgIpc) is 2.46. The molecule has 0 aliphatic heterocycles. The fourth-order valence-corrected chi connectivity index (χ4v) is 1.98. The summed E-state index contributed by atoms with van der Waals surface area (Å²) in [5.74, 6) is 0. The van der Waals surface area contributed by atoms with Gasteiger partial charge in [0, 0.05) is 5.56 Å². The molecule has 0 radical (unpaired) electrons. The molecule has 0 amide bonds. The molecule has 2 nitrogen and oxygen atoms in total. The van der Waals surface area contributed by atoms with E-state index in [4.69, 9.17) is 0 Å². The highest BCUT2D eigenvalue weighted by Crippen LogP contribution is 2.13. The summed E-state index contributed by atoms with van der Waals surface area (Å²) in [5.41, 5.74) is 1.46. The molecule has 104 valence electrons. The van der Waals surface area contributed by atoms with Crippen molar-refractivity contribution < 1.29 is 9.59 Å². The van der Waals surface area contributed by atoms with Gasteiger partial charge in [-0.25, -0.2) is 0 Å². The van der Waals surface area contributed by atoms with Crippen molar-refractivity contribution in [2.24, 2.45) is 0 Å². The molecular formula is C16H29NO. The van der Waals surface area contributed by atoms with E-state index in [0.29, 0.717) is 0 Å². The largest absolute Gasteiger partial charge is 0.854 e. The predicted molar refractivity (Wildman–Crippen MR) is 77.2 cm³/mol. The number of hydrogen-bond donors (Lipinski definition) is 0. The van der Waals surface area contributed by atoms with Crippen LogP contribution in [0.3, 0.4) is 0 Å². The fraction of sp³-hybridized carbons (Fsp3) is 0.625. The second-order valence-electron chi connectivity index (χ2n) is 4.64. The summed E-state index contributed by atoms with van der Waals surface area (Å²) in [5, 5.41) is 9.30. The molecule has 0 N–H and O–H groups in total. The first kappa shape index (κ1) is 17.1. The van der Waals surface area contributed by atoms with Crippen molar-refractivity contribution >= 4 is 0 Å². The molecule has 1 rings (SSSR count). The third-order valence-electron chi connectivity index (χ3n) is 3.58. The maximum Gasteiger partial charge on any atom is 0.104 e. The molecule has 0 aromatic heterocycles. The molecule has 0 spiro atoms. The summed E-state index contributed by atoms with van der Waals surface area (Å²) < 4.78 is 1.20. The normalized spacial score (nSPS) is 10.7. The molecule has 0 aliphatic rings. The molecule has 2 heteroatoms. The fourth-order valence-electron chi connectivity index (χ4n) is 1.98. The van der Waals surface area contributed by atoms with E-state index < -0.39 is 0 Å². The molecule has 0 bridgehead atoms. The van der Waals surface area contributed by atoms with E-state index in [1.54, 1.807) is 0 Å². The van der Waals surface area contributed by atoms with Gasteiger partial charge < -0.3 is 9.59 Å². The summed E-state index contributed by atoms with van der Waals surface area (Å²) in [7, 11) is 0. The number of rotatable bonds is 6. The van der Waals surface area contributed by atoms with Crippen molar-refractivity contribution in [2.75, 3.05) is 26.2 Å². The van der Waals surface area contributed by atoms with Crippen molar-refractivity contribution in [2.45, 2.75) is 40.7 Å². The molecule has 0 unspecified atom stereocenters. The maximum atomic E-state index is 9.30. The van der Waals surface area contributed by atoms with Gasteiger partial charge in [-0.3, -0.25) is 0 Å². The van der Waals surface area contributed by atoms with Gasteiger partial charge in [-0.15, -0.1) is 6.61 Å². The van der Waals surface area contributed by atoms with E-state index in [-0.39, 0.29) is 6.61 Å². The van der Waals surface area contributed by atoms with Crippen LogP contribution in [0.1, 0.15) is 39.7 Å². The summed E-state index contributed by atoms with van der Waals surface area (Å²) in [4.78, 5) is 0. The Kier molecular flexibility index (Phi) is 9.62. The Labute approximate surface area is 113 Å². The molecule has 1 aromatic rings. The minimum absolute atomic E-state index is 0.0694. The highest BCUT2D eigenvalue weighted by molar-refractivity contribution is 5.13. The molecule has 1 aromatic carbocycles. The van der Waals surface area contributed by atoms with Crippen LogP contribution in [0, 0.1) is 0 Å². The lowest BCUT2D eigenvalue weighted by Crippen LogP contribution is -2.46. The van der Waals surface area contributed by atoms with Crippen LogP contribution in [-0.2, 0) is 6.54 Å². The summed E-state index contributed by atoms with van der Waals surface area (Å²) in [6.45, 7) is 13.6. The molecule has 0 aliphatic carbocycles. The lowest BCUT2D eigenvalue weighted by Gasteiger charge is -2.35. The van der Waals surface area contributed by atoms with Crippen LogP contribution in [-0.4, -0.2) is 30.7 Å². The second kappa shape index (κ2) is 10.1. The highest BCUT2D eigenvalue weighted by Gasteiger charge is 2.20. The van der Waals surface area contributed by atoms with E-state index in [0.717, 1.165) is 6.42 Å². The van der Waals surface area contributed by atoms with Crippen LogP contribution in [0.2, 0.25) is 0 Å². The van der Waals surface area contributed by atoms with Gasteiger partial charge in [0.1, 0.15) is 6.54 Å². The Bertz CT molecular complexity index is 270. The van der Waals surface area contributed by atoms with Crippen molar-refractivity contribution in [1.29, 1.82) is 0 Å². The van der Waals surface area contributed by atoms with Gasteiger partial charge in [-0.2, -0.15) is 0 Å². The molecule has 18 heavy (non-hydrogen) atoms. The standard InChI is InChI=1S/C13H22N.C3H7O/c1-4-14(5-2,6-3)12-13-10-8-7-9-11-13;1-2-3-4/h7-11H,4-6,12H2,1-3H3;2-3H2,1H3/q+1;-1. The Morgan fingerprint density at radius 1 is 0.889 bits per heavy atom. The zero-order chi connectivity index (χ0) is 13.9. The van der Waals surface area contributed by atoms with Gasteiger partial charge in [0.05, 0.1) is 19.6 Å². The SMILES string of the molecule is CCC[O-].CC[N+](CC)(CC)Cc1ccccc1. The van der Waals surface area contributed by atoms with Crippen LogP contribution < -0.4 is 5.11 Å². The van der Waals surface area contributed by atoms with Gasteiger partial charge in [-0.05, 0) is 20.8 Å². The maximum absolute atomic E-state index is 9.30. The van der Waals surface area contributed by atoms with Crippen molar-refractivity contribution in [1.82, 2.24) is 0 Å². The molecule has 0 saturated heterocycles. The van der Waals surface area contributed by atoms with Crippen LogP contribution in [0.15, 0.2) is 30.3 Å². The number of nitrogens with zero attached hydrogens (tertiary/aromatic N) is 1. The van der Waals surface area contributed by atoms with Crippen LogP contribution >= 0.6 is 0 Å². The molecule has 0 heterocycles. The lowest BCUT2D eigenvalue weighted by atomic mass is 10.2. The lowest BCUT2D eigenvalue weighted by molar-refractivity contribution is -0.936. The molecule has 0 saturated carbocycles. The molecular weight excluding hydrogens is 222 g/mol. The van der Waals surface area contributed by atoms with E-state index in [2.05, 4.69) is 51.1 Å². The van der Waals surface area contributed by atoms with Crippen molar-refractivity contribution in [3.8, 4) is 0 Å². The number of hydrogen-bond acceptors (Lipinski definition) is 1. The predicted octanol–water partition coefficient (Wildman–Crippen LogP) is 2.82. The van der Waals surface area contributed by atoms with Crippen molar-refractivity contribution in [3.05, 3.63) is 35.9 Å². The van der Waals surface area contributed by atoms with Crippen LogP contribution in [0.4, 0.5) is 0 Å². The Morgan fingerprint density at radius 2 is 1.33 bits per heavy atom. The average molecular weight is 251 g/mol. The zero-order valence-electron chi connectivity index (χ0n) is 12.5. The van der Waals surface area contributed by atoms with E-state index in [1.807, 2.05) is 6.92 Å². The number of benzene rings is 1.